The fraction of sp³-hybridized carbons (Fsp3) is 0.310. The molecule has 0 bridgehead atoms. The standard InChI is InChI=1S/C29H31BrN2O6/c30-23-11-7-20(8-12-23)17-29(28(36)31-24(18-34)19-35)26(21-5-2-1-3-6-21)38-27(32-29)22-9-13-25(14-10-22)37-16-4-15-33/h1-3,5-14,24,26,33-35H,4,15-19H2,(H,31,36)/t26-,29-/m1/s1. The lowest BCUT2D eigenvalue weighted by atomic mass is 9.82. The molecule has 2 atom stereocenters. The molecule has 4 N–H and O–H groups in total. The van der Waals surface area contributed by atoms with Gasteiger partial charge in [0, 0.05) is 29.5 Å². The van der Waals surface area contributed by atoms with E-state index >= 15 is 0 Å². The molecule has 0 unspecified atom stereocenters. The third-order valence-corrected chi connectivity index (χ3v) is 6.82. The van der Waals surface area contributed by atoms with E-state index in [2.05, 4.69) is 21.2 Å². The zero-order chi connectivity index (χ0) is 27.0. The Morgan fingerprint density at radius 3 is 2.32 bits per heavy atom. The minimum absolute atomic E-state index is 0.0551. The van der Waals surface area contributed by atoms with Gasteiger partial charge in [-0.3, -0.25) is 4.79 Å². The van der Waals surface area contributed by atoms with Crippen LogP contribution in [0.2, 0.25) is 0 Å². The molecule has 38 heavy (non-hydrogen) atoms. The monoisotopic (exact) mass is 582 g/mol. The van der Waals surface area contributed by atoms with Crippen LogP contribution in [-0.4, -0.2) is 65.1 Å². The molecular weight excluding hydrogens is 552 g/mol. The molecule has 0 fully saturated rings. The van der Waals surface area contributed by atoms with Gasteiger partial charge in [0.25, 0.3) is 5.91 Å². The SMILES string of the molecule is O=C(NC(CO)CO)[C@]1(Cc2ccc(Br)cc2)N=C(c2ccc(OCCCO)cc2)O[C@@H]1c1ccccc1. The van der Waals surface area contributed by atoms with Crippen molar-refractivity contribution in [1.29, 1.82) is 0 Å². The molecule has 0 saturated carbocycles. The Bertz CT molecular complexity index is 1220. The van der Waals surface area contributed by atoms with Crippen LogP contribution in [0.4, 0.5) is 0 Å². The molecule has 1 aliphatic heterocycles. The summed E-state index contributed by atoms with van der Waals surface area (Å²) >= 11 is 3.46. The van der Waals surface area contributed by atoms with Gasteiger partial charge in [0.2, 0.25) is 5.90 Å². The van der Waals surface area contributed by atoms with Gasteiger partial charge in [-0.05, 0) is 47.5 Å². The summed E-state index contributed by atoms with van der Waals surface area (Å²) in [5.74, 6) is 0.493. The van der Waals surface area contributed by atoms with Crippen molar-refractivity contribution in [3.05, 3.63) is 100 Å². The van der Waals surface area contributed by atoms with Gasteiger partial charge in [-0.15, -0.1) is 0 Å². The number of nitrogens with one attached hydrogen (secondary N) is 1. The first-order valence-corrected chi connectivity index (χ1v) is 13.2. The quantitative estimate of drug-likeness (QED) is 0.243. The molecule has 8 nitrogen and oxygen atoms in total. The second-order valence-corrected chi connectivity index (χ2v) is 9.95. The molecule has 200 valence electrons. The minimum Gasteiger partial charge on any atom is -0.494 e. The van der Waals surface area contributed by atoms with Crippen molar-refractivity contribution >= 4 is 27.7 Å². The molecule has 3 aromatic carbocycles. The molecule has 1 heterocycles. The summed E-state index contributed by atoms with van der Waals surface area (Å²) in [7, 11) is 0. The summed E-state index contributed by atoms with van der Waals surface area (Å²) < 4.78 is 13.0. The van der Waals surface area contributed by atoms with E-state index in [0.717, 1.165) is 15.6 Å². The number of benzene rings is 3. The first kappa shape index (κ1) is 27.8. The number of halogens is 1. The summed E-state index contributed by atoms with van der Waals surface area (Å²) in [6, 6.07) is 23.4. The number of carbonyl (C=O) groups excluding carboxylic acids is 1. The van der Waals surface area contributed by atoms with Gasteiger partial charge in [0.1, 0.15) is 5.75 Å². The maximum Gasteiger partial charge on any atom is 0.253 e. The Morgan fingerprint density at radius 2 is 1.68 bits per heavy atom. The second-order valence-electron chi connectivity index (χ2n) is 9.04. The van der Waals surface area contributed by atoms with E-state index in [4.69, 9.17) is 19.6 Å². The van der Waals surface area contributed by atoms with Crippen LogP contribution in [0.3, 0.4) is 0 Å². The highest BCUT2D eigenvalue weighted by Gasteiger charge is 2.53. The molecule has 3 aromatic rings. The van der Waals surface area contributed by atoms with Gasteiger partial charge >= 0.3 is 0 Å². The summed E-state index contributed by atoms with van der Waals surface area (Å²) in [6.45, 7) is -0.375. The van der Waals surface area contributed by atoms with Gasteiger partial charge in [-0.25, -0.2) is 4.99 Å². The van der Waals surface area contributed by atoms with Crippen LogP contribution < -0.4 is 10.1 Å². The number of nitrogens with zero attached hydrogens (tertiary/aromatic N) is 1. The van der Waals surface area contributed by atoms with E-state index in [1.54, 1.807) is 12.1 Å². The normalized spacial score (nSPS) is 18.7. The molecule has 9 heteroatoms. The molecule has 1 amide bonds. The van der Waals surface area contributed by atoms with Crippen LogP contribution in [0.1, 0.15) is 29.2 Å². The zero-order valence-corrected chi connectivity index (χ0v) is 22.4. The zero-order valence-electron chi connectivity index (χ0n) is 20.8. The lowest BCUT2D eigenvalue weighted by molar-refractivity contribution is -0.130. The molecule has 0 aliphatic carbocycles. The number of aliphatic hydroxyl groups excluding tert-OH is 3. The summed E-state index contributed by atoms with van der Waals surface area (Å²) in [5, 5.41) is 31.1. The van der Waals surface area contributed by atoms with Gasteiger partial charge < -0.3 is 30.1 Å². The van der Waals surface area contributed by atoms with Crippen molar-refractivity contribution in [3.8, 4) is 5.75 Å². The average molecular weight is 583 g/mol. The largest absolute Gasteiger partial charge is 0.494 e. The number of ether oxygens (including phenoxy) is 2. The average Bonchev–Trinajstić information content (AvgIpc) is 3.34. The van der Waals surface area contributed by atoms with Gasteiger partial charge in [0.15, 0.2) is 11.6 Å². The summed E-state index contributed by atoms with van der Waals surface area (Å²) in [4.78, 5) is 18.9. The molecule has 0 radical (unpaired) electrons. The van der Waals surface area contributed by atoms with Crippen LogP contribution >= 0.6 is 15.9 Å². The Labute approximate surface area is 230 Å². The Kier molecular flexibility index (Phi) is 9.52. The van der Waals surface area contributed by atoms with E-state index < -0.39 is 36.8 Å². The van der Waals surface area contributed by atoms with Crippen LogP contribution in [0, 0.1) is 0 Å². The van der Waals surface area contributed by atoms with E-state index in [1.807, 2.05) is 66.7 Å². The van der Waals surface area contributed by atoms with Crippen molar-refractivity contribution < 1.29 is 29.6 Å². The number of amides is 1. The number of aliphatic imine (C=N–C) groups is 1. The third-order valence-electron chi connectivity index (χ3n) is 6.30. The second kappa shape index (κ2) is 13.0. The van der Waals surface area contributed by atoms with Crippen molar-refractivity contribution in [3.63, 3.8) is 0 Å². The maximum atomic E-state index is 14.0. The Hall–Kier alpha value is -3.24. The highest BCUT2D eigenvalue weighted by Crippen LogP contribution is 2.42. The van der Waals surface area contributed by atoms with E-state index in [9.17, 15) is 15.0 Å². The molecular formula is C29H31BrN2O6. The number of rotatable bonds is 12. The topological polar surface area (TPSA) is 121 Å². The number of hydrogen-bond donors (Lipinski definition) is 4. The Morgan fingerprint density at radius 1 is 1.00 bits per heavy atom. The highest BCUT2D eigenvalue weighted by molar-refractivity contribution is 9.10. The van der Waals surface area contributed by atoms with E-state index in [0.29, 0.717) is 30.2 Å². The van der Waals surface area contributed by atoms with Crippen molar-refractivity contribution in [2.75, 3.05) is 26.4 Å². The van der Waals surface area contributed by atoms with E-state index in [1.165, 1.54) is 0 Å². The van der Waals surface area contributed by atoms with Crippen LogP contribution in [0.15, 0.2) is 88.3 Å². The predicted octanol–water partition coefficient (Wildman–Crippen LogP) is 3.18. The van der Waals surface area contributed by atoms with Crippen LogP contribution in [-0.2, 0) is 16.0 Å². The molecule has 4 rings (SSSR count). The highest BCUT2D eigenvalue weighted by atomic mass is 79.9. The molecule has 0 saturated heterocycles. The van der Waals surface area contributed by atoms with E-state index in [-0.39, 0.29) is 13.0 Å². The fourth-order valence-electron chi connectivity index (χ4n) is 4.28. The lowest BCUT2D eigenvalue weighted by Gasteiger charge is -2.32. The smallest absolute Gasteiger partial charge is 0.253 e. The van der Waals surface area contributed by atoms with Crippen molar-refractivity contribution in [2.24, 2.45) is 4.99 Å². The predicted molar refractivity (Wildman–Crippen MR) is 147 cm³/mol. The molecule has 0 spiro atoms. The van der Waals surface area contributed by atoms with Gasteiger partial charge in [-0.1, -0.05) is 58.4 Å². The fourth-order valence-corrected chi connectivity index (χ4v) is 4.55. The molecule has 0 aromatic heterocycles. The maximum absolute atomic E-state index is 14.0. The minimum atomic E-state index is -1.41. The van der Waals surface area contributed by atoms with Crippen molar-refractivity contribution in [2.45, 2.75) is 30.5 Å². The first-order chi connectivity index (χ1) is 18.5. The van der Waals surface area contributed by atoms with Gasteiger partial charge in [-0.2, -0.15) is 0 Å². The Balaban J connectivity index is 1.77. The number of carbonyl (C=O) groups is 1. The van der Waals surface area contributed by atoms with Crippen molar-refractivity contribution in [1.82, 2.24) is 5.32 Å². The van der Waals surface area contributed by atoms with Gasteiger partial charge in [0.05, 0.1) is 25.9 Å². The lowest BCUT2D eigenvalue weighted by Crippen LogP contribution is -2.54. The van der Waals surface area contributed by atoms with Crippen LogP contribution in [0.5, 0.6) is 5.75 Å². The third kappa shape index (κ3) is 6.42. The first-order valence-electron chi connectivity index (χ1n) is 12.4. The number of aliphatic hydroxyl groups is 3. The van der Waals surface area contributed by atoms with Crippen LogP contribution in [0.25, 0.3) is 0 Å². The summed E-state index contributed by atoms with van der Waals surface area (Å²) in [6.07, 6.45) is -0.00536. The number of hydrogen-bond acceptors (Lipinski definition) is 7. The summed E-state index contributed by atoms with van der Waals surface area (Å²) in [5.41, 5.74) is 0.900. The molecule has 1 aliphatic rings.